The monoisotopic (exact) mass is 178 g/mol. The zero-order chi connectivity index (χ0) is 9.52. The molecule has 4 heteroatoms. The van der Waals surface area contributed by atoms with Crippen molar-refractivity contribution in [3.63, 3.8) is 0 Å². The molecule has 1 aromatic rings. The molecule has 0 saturated heterocycles. The number of aliphatic carboxylic acids is 1. The summed E-state index contributed by atoms with van der Waals surface area (Å²) in [6.07, 6.45) is 0.600. The van der Waals surface area contributed by atoms with E-state index in [1.165, 1.54) is 0 Å². The van der Waals surface area contributed by atoms with Crippen molar-refractivity contribution in [2.24, 2.45) is 5.16 Å². The second-order valence-corrected chi connectivity index (χ2v) is 2.31. The fourth-order valence-electron chi connectivity index (χ4n) is 0.766. The predicted octanol–water partition coefficient (Wildman–Crippen LogP) is -0.0611. The third kappa shape index (κ3) is 3.91. The predicted molar refractivity (Wildman–Crippen MR) is 44.7 cm³/mol. The quantitative estimate of drug-likeness (QED) is 0.479. The molecule has 0 unspecified atom stereocenters. The van der Waals surface area contributed by atoms with Crippen molar-refractivity contribution in [2.45, 2.75) is 6.61 Å². The van der Waals surface area contributed by atoms with Crippen molar-refractivity contribution in [1.82, 2.24) is 0 Å². The van der Waals surface area contributed by atoms with Crippen LogP contribution < -0.4 is 5.11 Å². The Hall–Kier alpha value is -1.84. The Morgan fingerprint density at radius 3 is 2.77 bits per heavy atom. The van der Waals surface area contributed by atoms with E-state index in [1.54, 1.807) is 0 Å². The Morgan fingerprint density at radius 2 is 2.15 bits per heavy atom. The van der Waals surface area contributed by atoms with Crippen molar-refractivity contribution < 1.29 is 14.7 Å². The molecule has 0 spiro atoms. The van der Waals surface area contributed by atoms with Crippen LogP contribution in [0.15, 0.2) is 35.5 Å². The average Bonchev–Trinajstić information content (AvgIpc) is 2.14. The lowest BCUT2D eigenvalue weighted by atomic mass is 10.2. The molecular formula is C9H8NO3-. The first-order chi connectivity index (χ1) is 6.29. The lowest BCUT2D eigenvalue weighted by molar-refractivity contribution is -0.293. The summed E-state index contributed by atoms with van der Waals surface area (Å²) in [7, 11) is 0. The van der Waals surface area contributed by atoms with Crippen LogP contribution in [0.4, 0.5) is 0 Å². The molecule has 0 amide bonds. The van der Waals surface area contributed by atoms with E-state index in [4.69, 9.17) is 0 Å². The molecule has 13 heavy (non-hydrogen) atoms. The van der Waals surface area contributed by atoms with Gasteiger partial charge in [-0.1, -0.05) is 35.5 Å². The van der Waals surface area contributed by atoms with Gasteiger partial charge in [0, 0.05) is 0 Å². The molecule has 0 fully saturated rings. The van der Waals surface area contributed by atoms with Crippen LogP contribution in [0.3, 0.4) is 0 Å². The zero-order valence-electron chi connectivity index (χ0n) is 6.84. The minimum Gasteiger partial charge on any atom is -0.544 e. The first-order valence-electron chi connectivity index (χ1n) is 3.69. The average molecular weight is 178 g/mol. The van der Waals surface area contributed by atoms with E-state index >= 15 is 0 Å². The van der Waals surface area contributed by atoms with Crippen molar-refractivity contribution in [3.05, 3.63) is 35.9 Å². The molecule has 0 N–H and O–H groups in total. The molecule has 0 radical (unpaired) electrons. The van der Waals surface area contributed by atoms with Crippen LogP contribution in [-0.4, -0.2) is 12.2 Å². The third-order valence-corrected chi connectivity index (χ3v) is 1.31. The summed E-state index contributed by atoms with van der Waals surface area (Å²) in [6.45, 7) is 0.255. The van der Waals surface area contributed by atoms with Gasteiger partial charge in [0.15, 0.2) is 0 Å². The van der Waals surface area contributed by atoms with Gasteiger partial charge in [-0.3, -0.25) is 0 Å². The lowest BCUT2D eigenvalue weighted by Gasteiger charge is -1.98. The second kappa shape index (κ2) is 4.92. The highest BCUT2D eigenvalue weighted by molar-refractivity contribution is 6.20. The third-order valence-electron chi connectivity index (χ3n) is 1.31. The molecule has 0 aliphatic heterocycles. The van der Waals surface area contributed by atoms with E-state index in [0.29, 0.717) is 6.21 Å². The molecule has 1 aromatic carbocycles. The Balaban J connectivity index is 2.32. The first-order valence-corrected chi connectivity index (χ1v) is 3.69. The number of carboxylic acids is 1. The Kier molecular flexibility index (Phi) is 3.50. The van der Waals surface area contributed by atoms with Gasteiger partial charge in [-0.05, 0) is 5.56 Å². The van der Waals surface area contributed by atoms with Gasteiger partial charge >= 0.3 is 0 Å². The summed E-state index contributed by atoms with van der Waals surface area (Å²) >= 11 is 0. The fraction of sp³-hybridized carbons (Fsp3) is 0.111. The number of carbonyl (C=O) groups excluding carboxylic acids is 1. The molecule has 0 aromatic heterocycles. The summed E-state index contributed by atoms with van der Waals surface area (Å²) in [5, 5.41) is 13.0. The normalized spacial score (nSPS) is 10.2. The van der Waals surface area contributed by atoms with Gasteiger partial charge < -0.3 is 14.7 Å². The smallest absolute Gasteiger partial charge is 0.142 e. The van der Waals surface area contributed by atoms with Crippen LogP contribution in [0.1, 0.15) is 5.56 Å². The highest BCUT2D eigenvalue weighted by atomic mass is 16.6. The summed E-state index contributed by atoms with van der Waals surface area (Å²) in [5.41, 5.74) is 0.929. The first kappa shape index (κ1) is 9.25. The summed E-state index contributed by atoms with van der Waals surface area (Å²) in [5.74, 6) is -1.37. The molecule has 0 aliphatic carbocycles. The molecule has 1 rings (SSSR count). The number of carboxylic acid groups (broad SMARTS) is 1. The maximum Gasteiger partial charge on any atom is 0.142 e. The number of rotatable bonds is 4. The molecule has 0 atom stereocenters. The SMILES string of the molecule is O=C([O-])/C=N/OCc1ccccc1. The molecular weight excluding hydrogens is 170 g/mol. The van der Waals surface area contributed by atoms with E-state index in [0.717, 1.165) is 5.56 Å². The number of hydrogen-bond donors (Lipinski definition) is 0. The number of hydrogen-bond acceptors (Lipinski definition) is 4. The Bertz CT molecular complexity index is 295. The maximum atomic E-state index is 9.87. The standard InChI is InChI=1S/C9H9NO3/c11-9(12)6-10-13-7-8-4-2-1-3-5-8/h1-6H,7H2,(H,11,12)/p-1/b10-6+. The van der Waals surface area contributed by atoms with E-state index in [9.17, 15) is 9.90 Å². The molecule has 0 heterocycles. The van der Waals surface area contributed by atoms with Crippen molar-refractivity contribution in [2.75, 3.05) is 0 Å². The maximum absolute atomic E-state index is 9.87. The minimum absolute atomic E-state index is 0.255. The van der Waals surface area contributed by atoms with Crippen LogP contribution >= 0.6 is 0 Å². The van der Waals surface area contributed by atoms with Crippen LogP contribution in [-0.2, 0) is 16.2 Å². The van der Waals surface area contributed by atoms with Crippen molar-refractivity contribution >= 4 is 12.2 Å². The topological polar surface area (TPSA) is 61.7 Å². The molecule has 4 nitrogen and oxygen atoms in total. The molecule has 0 saturated carbocycles. The highest BCUT2D eigenvalue weighted by Gasteiger charge is 1.88. The van der Waals surface area contributed by atoms with Crippen molar-refractivity contribution in [3.8, 4) is 0 Å². The zero-order valence-corrected chi connectivity index (χ0v) is 6.84. The van der Waals surface area contributed by atoms with Crippen LogP contribution in [0.25, 0.3) is 0 Å². The van der Waals surface area contributed by atoms with Gasteiger partial charge in [0.05, 0.1) is 12.2 Å². The molecule has 0 bridgehead atoms. The number of carbonyl (C=O) groups is 1. The van der Waals surface area contributed by atoms with E-state index in [-0.39, 0.29) is 6.61 Å². The summed E-state index contributed by atoms with van der Waals surface area (Å²) in [4.78, 5) is 14.5. The Labute approximate surface area is 75.4 Å². The van der Waals surface area contributed by atoms with Crippen LogP contribution in [0.5, 0.6) is 0 Å². The minimum atomic E-state index is -1.37. The number of oxime groups is 1. The molecule has 0 aliphatic rings. The number of nitrogens with zero attached hydrogens (tertiary/aromatic N) is 1. The van der Waals surface area contributed by atoms with Gasteiger partial charge in [0.25, 0.3) is 0 Å². The second-order valence-electron chi connectivity index (χ2n) is 2.31. The van der Waals surface area contributed by atoms with E-state index in [1.807, 2.05) is 30.3 Å². The fourth-order valence-corrected chi connectivity index (χ4v) is 0.766. The number of benzene rings is 1. The highest BCUT2D eigenvalue weighted by Crippen LogP contribution is 1.99. The van der Waals surface area contributed by atoms with Gasteiger partial charge in [0.2, 0.25) is 0 Å². The largest absolute Gasteiger partial charge is 0.544 e. The lowest BCUT2D eigenvalue weighted by Crippen LogP contribution is -2.23. The molecule has 68 valence electrons. The summed E-state index contributed by atoms with van der Waals surface area (Å²) in [6, 6.07) is 9.32. The van der Waals surface area contributed by atoms with E-state index < -0.39 is 5.97 Å². The van der Waals surface area contributed by atoms with Gasteiger partial charge in [-0.2, -0.15) is 0 Å². The van der Waals surface area contributed by atoms with E-state index in [2.05, 4.69) is 9.99 Å². The Morgan fingerprint density at radius 1 is 1.46 bits per heavy atom. The van der Waals surface area contributed by atoms with Crippen LogP contribution in [0.2, 0.25) is 0 Å². The van der Waals surface area contributed by atoms with Crippen molar-refractivity contribution in [1.29, 1.82) is 0 Å². The summed E-state index contributed by atoms with van der Waals surface area (Å²) < 4.78 is 0. The van der Waals surface area contributed by atoms with Crippen LogP contribution in [0, 0.1) is 0 Å². The van der Waals surface area contributed by atoms with Gasteiger partial charge in [0.1, 0.15) is 6.61 Å². The van der Waals surface area contributed by atoms with Gasteiger partial charge in [-0.25, -0.2) is 0 Å². The van der Waals surface area contributed by atoms with Gasteiger partial charge in [-0.15, -0.1) is 0 Å².